The van der Waals surface area contributed by atoms with Crippen molar-refractivity contribution in [1.29, 1.82) is 0 Å². The first kappa shape index (κ1) is 12.2. The zero-order valence-corrected chi connectivity index (χ0v) is 11.0. The molecule has 0 aromatic carbocycles. The molecule has 0 saturated heterocycles. The van der Waals surface area contributed by atoms with Gasteiger partial charge < -0.3 is 5.32 Å². The molecule has 3 nitrogen and oxygen atoms in total. The lowest BCUT2D eigenvalue weighted by Crippen LogP contribution is -2.32. The van der Waals surface area contributed by atoms with Crippen LogP contribution in [-0.2, 0) is 12.0 Å². The molecule has 4 heteroatoms. The maximum absolute atomic E-state index is 4.19. The summed E-state index contributed by atoms with van der Waals surface area (Å²) >= 11 is 1.80. The van der Waals surface area contributed by atoms with Crippen molar-refractivity contribution in [2.24, 2.45) is 0 Å². The van der Waals surface area contributed by atoms with Crippen molar-refractivity contribution in [1.82, 2.24) is 15.3 Å². The van der Waals surface area contributed by atoms with Gasteiger partial charge >= 0.3 is 0 Å². The molecule has 2 aromatic heterocycles. The molecule has 17 heavy (non-hydrogen) atoms. The summed E-state index contributed by atoms with van der Waals surface area (Å²) in [4.78, 5) is 9.78. The Bertz CT molecular complexity index is 437. The van der Waals surface area contributed by atoms with Gasteiger partial charge in [0.2, 0.25) is 0 Å². The summed E-state index contributed by atoms with van der Waals surface area (Å²) in [5.74, 6) is 0.842. The van der Waals surface area contributed by atoms with E-state index in [1.165, 1.54) is 4.88 Å². The fourth-order valence-corrected chi connectivity index (χ4v) is 2.51. The van der Waals surface area contributed by atoms with Gasteiger partial charge in [0.15, 0.2) is 0 Å². The number of hydrogen-bond acceptors (Lipinski definition) is 4. The summed E-state index contributed by atoms with van der Waals surface area (Å²) in [5, 5.41) is 5.53. The van der Waals surface area contributed by atoms with Gasteiger partial charge in [0.25, 0.3) is 0 Å². The summed E-state index contributed by atoms with van der Waals surface area (Å²) in [6.45, 7) is 6.14. The van der Waals surface area contributed by atoms with Gasteiger partial charge in [-0.15, -0.1) is 11.3 Å². The highest BCUT2D eigenvalue weighted by molar-refractivity contribution is 7.10. The molecule has 2 aromatic rings. The van der Waals surface area contributed by atoms with E-state index in [-0.39, 0.29) is 5.41 Å². The lowest BCUT2D eigenvalue weighted by Gasteiger charge is -2.23. The molecule has 0 radical (unpaired) electrons. The van der Waals surface area contributed by atoms with E-state index in [1.807, 2.05) is 6.07 Å². The molecule has 0 bridgehead atoms. The van der Waals surface area contributed by atoms with Crippen LogP contribution in [0.4, 0.5) is 0 Å². The predicted octanol–water partition coefficient (Wildman–Crippen LogP) is 2.61. The number of hydrogen-bond donors (Lipinski definition) is 1. The van der Waals surface area contributed by atoms with Crippen LogP contribution in [0, 0.1) is 0 Å². The first-order valence-electron chi connectivity index (χ1n) is 5.69. The highest BCUT2D eigenvalue weighted by Crippen LogP contribution is 2.26. The molecule has 0 aliphatic heterocycles. The summed E-state index contributed by atoms with van der Waals surface area (Å²) in [5.41, 5.74) is 0.156. The van der Waals surface area contributed by atoms with E-state index in [1.54, 1.807) is 23.7 Å². The predicted molar refractivity (Wildman–Crippen MR) is 71.1 cm³/mol. The number of thiophene rings is 1. The van der Waals surface area contributed by atoms with E-state index < -0.39 is 0 Å². The lowest BCUT2D eigenvalue weighted by atomic mass is 9.91. The van der Waals surface area contributed by atoms with Crippen LogP contribution in [0.5, 0.6) is 0 Å². The minimum atomic E-state index is 0.156. The van der Waals surface area contributed by atoms with Crippen LogP contribution in [0.1, 0.15) is 24.5 Å². The topological polar surface area (TPSA) is 37.8 Å². The van der Waals surface area contributed by atoms with E-state index in [9.17, 15) is 0 Å². The molecule has 0 fully saturated rings. The van der Waals surface area contributed by atoms with Gasteiger partial charge in [0.05, 0.1) is 6.54 Å². The largest absolute Gasteiger partial charge is 0.309 e. The highest BCUT2D eigenvalue weighted by atomic mass is 32.1. The molecule has 0 amide bonds. The highest BCUT2D eigenvalue weighted by Gasteiger charge is 2.20. The average molecular weight is 247 g/mol. The summed E-state index contributed by atoms with van der Waals surface area (Å²) < 4.78 is 0. The van der Waals surface area contributed by atoms with Crippen molar-refractivity contribution in [3.05, 3.63) is 46.7 Å². The Balaban J connectivity index is 1.86. The SMILES string of the molecule is CC(C)(CNCc1ncccn1)c1cccs1. The molecule has 0 saturated carbocycles. The van der Waals surface area contributed by atoms with Crippen molar-refractivity contribution < 1.29 is 0 Å². The molecule has 2 rings (SSSR count). The minimum Gasteiger partial charge on any atom is -0.309 e. The lowest BCUT2D eigenvalue weighted by molar-refractivity contribution is 0.472. The van der Waals surface area contributed by atoms with E-state index >= 15 is 0 Å². The Hall–Kier alpha value is -1.26. The summed E-state index contributed by atoms with van der Waals surface area (Å²) in [6.07, 6.45) is 3.54. The van der Waals surface area contributed by atoms with Crippen molar-refractivity contribution >= 4 is 11.3 Å². The van der Waals surface area contributed by atoms with E-state index in [0.717, 1.165) is 18.9 Å². The molecule has 0 atom stereocenters. The summed E-state index contributed by atoms with van der Waals surface area (Å²) in [6, 6.07) is 6.12. The third kappa shape index (κ3) is 3.35. The first-order valence-corrected chi connectivity index (χ1v) is 6.57. The molecular weight excluding hydrogens is 230 g/mol. The second-order valence-corrected chi connectivity index (χ2v) is 5.58. The quantitative estimate of drug-likeness (QED) is 0.882. The van der Waals surface area contributed by atoms with Gasteiger partial charge in [-0.1, -0.05) is 19.9 Å². The second kappa shape index (κ2) is 5.38. The molecule has 0 aliphatic carbocycles. The zero-order chi connectivity index (χ0) is 12.1. The van der Waals surface area contributed by atoms with Gasteiger partial charge in [0.1, 0.15) is 5.82 Å². The maximum Gasteiger partial charge on any atom is 0.141 e. The molecule has 2 heterocycles. The average Bonchev–Trinajstić information content (AvgIpc) is 2.84. The van der Waals surface area contributed by atoms with Gasteiger partial charge in [-0.05, 0) is 17.5 Å². The number of aromatic nitrogens is 2. The van der Waals surface area contributed by atoms with Gasteiger partial charge in [-0.3, -0.25) is 0 Å². The van der Waals surface area contributed by atoms with Crippen LogP contribution in [0.25, 0.3) is 0 Å². The molecule has 0 spiro atoms. The van der Waals surface area contributed by atoms with Crippen LogP contribution < -0.4 is 5.32 Å². The van der Waals surface area contributed by atoms with Crippen molar-refractivity contribution in [3.8, 4) is 0 Å². The fraction of sp³-hybridized carbons (Fsp3) is 0.385. The number of rotatable bonds is 5. The Kier molecular flexibility index (Phi) is 3.86. The maximum atomic E-state index is 4.19. The minimum absolute atomic E-state index is 0.156. The molecule has 0 aliphatic rings. The normalized spacial score (nSPS) is 11.6. The first-order chi connectivity index (χ1) is 8.18. The van der Waals surface area contributed by atoms with E-state index in [2.05, 4.69) is 46.6 Å². The van der Waals surface area contributed by atoms with Crippen LogP contribution in [0.15, 0.2) is 36.0 Å². The van der Waals surface area contributed by atoms with Crippen LogP contribution >= 0.6 is 11.3 Å². The molecule has 1 N–H and O–H groups in total. The third-order valence-electron chi connectivity index (χ3n) is 2.66. The fourth-order valence-electron chi connectivity index (χ4n) is 1.66. The number of nitrogens with one attached hydrogen (secondary N) is 1. The van der Waals surface area contributed by atoms with Crippen LogP contribution in [0.3, 0.4) is 0 Å². The Morgan fingerprint density at radius 2 is 2.00 bits per heavy atom. The second-order valence-electron chi connectivity index (χ2n) is 4.63. The van der Waals surface area contributed by atoms with E-state index in [4.69, 9.17) is 0 Å². The standard InChI is InChI=1S/C13H17N3S/c1-13(2,11-5-3-8-17-11)10-14-9-12-15-6-4-7-16-12/h3-8,14H,9-10H2,1-2H3. The van der Waals surface area contributed by atoms with Gasteiger partial charge in [-0.2, -0.15) is 0 Å². The third-order valence-corrected chi connectivity index (χ3v) is 3.89. The molecule has 0 unspecified atom stereocenters. The Labute approximate surface area is 106 Å². The Morgan fingerprint density at radius 1 is 1.24 bits per heavy atom. The van der Waals surface area contributed by atoms with Gasteiger partial charge in [0, 0.05) is 29.2 Å². The van der Waals surface area contributed by atoms with Crippen molar-refractivity contribution in [2.75, 3.05) is 6.54 Å². The monoisotopic (exact) mass is 247 g/mol. The zero-order valence-electron chi connectivity index (χ0n) is 10.2. The smallest absolute Gasteiger partial charge is 0.141 e. The Morgan fingerprint density at radius 3 is 2.65 bits per heavy atom. The van der Waals surface area contributed by atoms with Crippen LogP contribution in [-0.4, -0.2) is 16.5 Å². The van der Waals surface area contributed by atoms with Gasteiger partial charge in [-0.25, -0.2) is 9.97 Å². The van der Waals surface area contributed by atoms with Crippen molar-refractivity contribution in [3.63, 3.8) is 0 Å². The molecular formula is C13H17N3S. The van der Waals surface area contributed by atoms with E-state index in [0.29, 0.717) is 0 Å². The summed E-state index contributed by atoms with van der Waals surface area (Å²) in [7, 11) is 0. The number of nitrogens with zero attached hydrogens (tertiary/aromatic N) is 2. The van der Waals surface area contributed by atoms with Crippen molar-refractivity contribution in [2.45, 2.75) is 25.8 Å². The molecule has 90 valence electrons. The van der Waals surface area contributed by atoms with Crippen LogP contribution in [0.2, 0.25) is 0 Å².